The number of benzene rings is 1. The van der Waals surface area contributed by atoms with E-state index in [1.165, 1.54) is 19.4 Å². The third kappa shape index (κ3) is 6.81. The molecule has 1 fully saturated rings. The average Bonchev–Trinajstić information content (AvgIpc) is 3.46. The minimum absolute atomic E-state index is 0.0143. The topological polar surface area (TPSA) is 193 Å². The molecule has 4 rings (SSSR count). The molecule has 0 bridgehead atoms. The zero-order valence-electron chi connectivity index (χ0n) is 23.4. The molecule has 2 aromatic heterocycles. The molecule has 0 spiro atoms. The summed E-state index contributed by atoms with van der Waals surface area (Å²) >= 11 is 0. The second-order valence-corrected chi connectivity index (χ2v) is 9.60. The van der Waals surface area contributed by atoms with Crippen LogP contribution in [0.3, 0.4) is 0 Å². The molecule has 0 saturated carbocycles. The quantitative estimate of drug-likeness (QED) is 0.196. The Morgan fingerprint density at radius 2 is 2.10 bits per heavy atom. The van der Waals surface area contributed by atoms with Crippen LogP contribution in [0.15, 0.2) is 43.4 Å². The van der Waals surface area contributed by atoms with Crippen LogP contribution < -0.4 is 26.4 Å². The predicted octanol–water partition coefficient (Wildman–Crippen LogP) is 2.57. The maximum Gasteiger partial charge on any atom is 0.254 e. The number of aromatic nitrogens is 4. The number of primary amides is 1. The van der Waals surface area contributed by atoms with Crippen molar-refractivity contribution in [2.24, 2.45) is 5.73 Å². The van der Waals surface area contributed by atoms with Gasteiger partial charge in [-0.05, 0) is 43.5 Å². The highest BCUT2D eigenvalue weighted by Gasteiger charge is 2.24. The van der Waals surface area contributed by atoms with E-state index in [2.05, 4.69) is 37.6 Å². The smallest absolute Gasteiger partial charge is 0.254 e. The zero-order chi connectivity index (χ0) is 30.2. The SMILES string of the molecule is C=CC(=O)N1CCCC(n2cc(Nc3ncc(C(N)=O)c(Nc4c(C)cc(C(=O)NCCC#N)cc4OC)n3)cn2)C1. The van der Waals surface area contributed by atoms with Crippen LogP contribution in [0.2, 0.25) is 0 Å². The van der Waals surface area contributed by atoms with Gasteiger partial charge in [-0.15, -0.1) is 0 Å². The van der Waals surface area contributed by atoms with Crippen LogP contribution in [0.25, 0.3) is 0 Å². The number of rotatable bonds is 11. The standard InChI is InChI=1S/C28H32N10O4/c1-4-23(39)37-10-5-7-20(16-37)38-15-19(13-33-38)34-28-32-14-21(25(30)40)26(36-28)35-24-17(2)11-18(12-22(24)42-3)27(41)31-9-6-8-29/h4,11-15,20H,1,5-7,9-10,16H2,2-3H3,(H2,30,40)(H,31,41)(H2,32,34,35,36). The largest absolute Gasteiger partial charge is 0.495 e. The van der Waals surface area contributed by atoms with E-state index < -0.39 is 5.91 Å². The molecule has 14 nitrogen and oxygen atoms in total. The lowest BCUT2D eigenvalue weighted by Gasteiger charge is -2.32. The second-order valence-electron chi connectivity index (χ2n) is 9.60. The first kappa shape index (κ1) is 29.5. The molecular weight excluding hydrogens is 540 g/mol. The number of ether oxygens (including phenoxy) is 1. The van der Waals surface area contributed by atoms with Crippen molar-refractivity contribution in [3.63, 3.8) is 0 Å². The van der Waals surface area contributed by atoms with Crippen molar-refractivity contribution in [3.05, 3.63) is 60.1 Å². The number of likely N-dealkylation sites (tertiary alicyclic amines) is 1. The van der Waals surface area contributed by atoms with Crippen molar-refractivity contribution in [2.45, 2.75) is 32.2 Å². The van der Waals surface area contributed by atoms with Crippen LogP contribution in [0.1, 0.15) is 51.6 Å². The Balaban J connectivity index is 1.55. The van der Waals surface area contributed by atoms with Gasteiger partial charge in [-0.3, -0.25) is 19.1 Å². The van der Waals surface area contributed by atoms with Gasteiger partial charge in [0.15, 0.2) is 0 Å². The predicted molar refractivity (Wildman–Crippen MR) is 155 cm³/mol. The van der Waals surface area contributed by atoms with Crippen molar-refractivity contribution in [2.75, 3.05) is 37.4 Å². The summed E-state index contributed by atoms with van der Waals surface area (Å²) in [6.07, 6.45) is 7.98. The van der Waals surface area contributed by atoms with E-state index in [-0.39, 0.29) is 48.2 Å². The minimum Gasteiger partial charge on any atom is -0.495 e. The first-order valence-electron chi connectivity index (χ1n) is 13.2. The molecule has 3 amide bonds. The Hall–Kier alpha value is -5.45. The zero-order valence-corrected chi connectivity index (χ0v) is 23.4. The normalized spacial score (nSPS) is 14.4. The van der Waals surface area contributed by atoms with Gasteiger partial charge in [0.2, 0.25) is 11.9 Å². The van der Waals surface area contributed by atoms with Gasteiger partial charge < -0.3 is 31.3 Å². The van der Waals surface area contributed by atoms with Gasteiger partial charge in [-0.25, -0.2) is 4.98 Å². The monoisotopic (exact) mass is 572 g/mol. The third-order valence-electron chi connectivity index (χ3n) is 6.72. The van der Waals surface area contributed by atoms with Crippen LogP contribution in [0.4, 0.5) is 23.1 Å². The van der Waals surface area contributed by atoms with Gasteiger partial charge in [0, 0.05) is 37.6 Å². The van der Waals surface area contributed by atoms with Gasteiger partial charge in [0.25, 0.3) is 11.8 Å². The van der Waals surface area contributed by atoms with Crippen molar-refractivity contribution < 1.29 is 19.1 Å². The molecule has 1 aliphatic heterocycles. The first-order valence-corrected chi connectivity index (χ1v) is 13.2. The van der Waals surface area contributed by atoms with Crippen molar-refractivity contribution >= 4 is 40.9 Å². The van der Waals surface area contributed by atoms with Gasteiger partial charge in [-0.1, -0.05) is 6.58 Å². The van der Waals surface area contributed by atoms with Crippen LogP contribution in [-0.4, -0.2) is 69.1 Å². The maximum atomic E-state index is 12.5. The first-order chi connectivity index (χ1) is 20.2. The number of nitrogens with two attached hydrogens (primary N) is 1. The van der Waals surface area contributed by atoms with Crippen LogP contribution in [0.5, 0.6) is 5.75 Å². The molecule has 0 radical (unpaired) electrons. The summed E-state index contributed by atoms with van der Waals surface area (Å²) in [5.74, 6) is -0.545. The molecule has 1 unspecified atom stereocenters. The highest BCUT2D eigenvalue weighted by atomic mass is 16.5. The summed E-state index contributed by atoms with van der Waals surface area (Å²) in [6, 6.07) is 5.19. The molecule has 1 aliphatic rings. The van der Waals surface area contributed by atoms with Gasteiger partial charge >= 0.3 is 0 Å². The Kier molecular flexibility index (Phi) is 9.33. The molecule has 42 heavy (non-hydrogen) atoms. The molecule has 1 atom stereocenters. The lowest BCUT2D eigenvalue weighted by molar-refractivity contribution is -0.127. The number of anilines is 4. The molecule has 5 N–H and O–H groups in total. The Bertz CT molecular complexity index is 1540. The summed E-state index contributed by atoms with van der Waals surface area (Å²) in [6.45, 7) is 6.78. The number of aryl methyl sites for hydroxylation is 1. The number of carbonyl (C=O) groups is 3. The number of nitrogens with one attached hydrogen (secondary N) is 3. The van der Waals surface area contributed by atoms with E-state index in [0.717, 1.165) is 12.8 Å². The fourth-order valence-electron chi connectivity index (χ4n) is 4.61. The second kappa shape index (κ2) is 13.3. The number of methoxy groups -OCH3 is 1. The molecule has 0 aliphatic carbocycles. The summed E-state index contributed by atoms with van der Waals surface area (Å²) in [7, 11) is 1.45. The number of hydrogen-bond donors (Lipinski definition) is 4. The van der Waals surface area contributed by atoms with Gasteiger partial charge in [-0.2, -0.15) is 15.3 Å². The highest BCUT2D eigenvalue weighted by Crippen LogP contribution is 2.33. The van der Waals surface area contributed by atoms with Crippen molar-refractivity contribution in [1.29, 1.82) is 5.26 Å². The van der Waals surface area contributed by atoms with E-state index in [1.807, 2.05) is 6.07 Å². The lowest BCUT2D eigenvalue weighted by atomic mass is 10.1. The number of nitriles is 1. The third-order valence-corrected chi connectivity index (χ3v) is 6.72. The van der Waals surface area contributed by atoms with E-state index in [1.54, 1.807) is 41.0 Å². The maximum absolute atomic E-state index is 12.5. The summed E-state index contributed by atoms with van der Waals surface area (Å²) in [5, 5.41) is 22.0. The fourth-order valence-corrected chi connectivity index (χ4v) is 4.61. The summed E-state index contributed by atoms with van der Waals surface area (Å²) in [5.41, 5.74) is 7.71. The Morgan fingerprint density at radius 1 is 1.29 bits per heavy atom. The Labute approximate surface area is 242 Å². The van der Waals surface area contributed by atoms with Crippen LogP contribution in [0, 0.1) is 18.3 Å². The Morgan fingerprint density at radius 3 is 2.81 bits per heavy atom. The molecular formula is C28H32N10O4. The summed E-state index contributed by atoms with van der Waals surface area (Å²) < 4.78 is 7.32. The summed E-state index contributed by atoms with van der Waals surface area (Å²) in [4.78, 5) is 47.2. The van der Waals surface area contributed by atoms with Crippen LogP contribution in [-0.2, 0) is 4.79 Å². The molecule has 1 saturated heterocycles. The van der Waals surface area contributed by atoms with E-state index in [9.17, 15) is 14.4 Å². The number of hydrogen-bond acceptors (Lipinski definition) is 10. The molecule has 218 valence electrons. The van der Waals surface area contributed by atoms with E-state index >= 15 is 0 Å². The van der Waals surface area contributed by atoms with E-state index in [0.29, 0.717) is 41.3 Å². The van der Waals surface area contributed by atoms with E-state index in [4.69, 9.17) is 15.7 Å². The molecule has 14 heteroatoms. The number of nitrogens with zero attached hydrogens (tertiary/aromatic N) is 6. The molecule has 3 heterocycles. The average molecular weight is 573 g/mol. The van der Waals surface area contributed by atoms with Crippen LogP contribution >= 0.6 is 0 Å². The molecule has 3 aromatic rings. The number of piperidine rings is 1. The number of amides is 3. The fraction of sp³-hybridized carbons (Fsp3) is 0.321. The highest BCUT2D eigenvalue weighted by molar-refractivity contribution is 5.99. The van der Waals surface area contributed by atoms with Crippen molar-refractivity contribution in [3.8, 4) is 11.8 Å². The minimum atomic E-state index is -0.738. The number of carbonyl (C=O) groups excluding carboxylic acids is 3. The lowest BCUT2D eigenvalue weighted by Crippen LogP contribution is -2.39. The van der Waals surface area contributed by atoms with Gasteiger partial charge in [0.1, 0.15) is 17.1 Å². The molecule has 1 aromatic carbocycles. The van der Waals surface area contributed by atoms with Crippen molar-refractivity contribution in [1.82, 2.24) is 30.0 Å². The van der Waals surface area contributed by atoms with Gasteiger partial charge in [0.05, 0.1) is 43.2 Å².